The van der Waals surface area contributed by atoms with Crippen molar-refractivity contribution in [2.24, 2.45) is 16.2 Å². The number of carbonyl (C=O) groups is 6. The summed E-state index contributed by atoms with van der Waals surface area (Å²) in [6.45, 7) is 4.45. The molecule has 0 aromatic heterocycles. The van der Waals surface area contributed by atoms with Gasteiger partial charge in [-0.2, -0.15) is 75.8 Å². The SMILES string of the molecule is CCC[CH2][Sn+3].CCC[CH2][Sn+3].O=C([O-])CCCC(CCS)(CCS)CCCC(=O)[O-].O=C([O-])CCCC(CCS)(CCS)CCCC(=O)[O-].O=C([O-])CCCC(CCS)(CCS)CCCC(=O)[O-]. The molecule has 20 heteroatoms. The maximum Gasteiger partial charge on any atom is 0.0414 e. The molecule has 0 amide bonds. The topological polar surface area (TPSA) is 241 Å². The molecule has 0 rings (SSSR count). The van der Waals surface area contributed by atoms with Crippen molar-refractivity contribution >= 4 is 157 Å². The monoisotopic (exact) mass is 1270 g/mol. The summed E-state index contributed by atoms with van der Waals surface area (Å²) in [7, 11) is 0. The molecule has 0 aliphatic rings. The first-order valence-corrected chi connectivity index (χ1v) is 31.7. The normalized spacial score (nSPS) is 11.0. The fraction of sp³-hybridized carbons (Fsp3) is 0.872. The summed E-state index contributed by atoms with van der Waals surface area (Å²) in [4.78, 5) is 62.9. The van der Waals surface area contributed by atoms with E-state index in [9.17, 15) is 59.4 Å². The predicted molar refractivity (Wildman–Crippen MR) is 282 cm³/mol. The van der Waals surface area contributed by atoms with Gasteiger partial charge in [0, 0.05) is 35.8 Å². The van der Waals surface area contributed by atoms with E-state index in [1.165, 1.54) is 34.6 Å². The fourth-order valence-corrected chi connectivity index (χ4v) is 12.5. The molecule has 0 atom stereocenters. The summed E-state index contributed by atoms with van der Waals surface area (Å²) < 4.78 is 2.87. The van der Waals surface area contributed by atoms with Crippen molar-refractivity contribution in [3.05, 3.63) is 0 Å². The van der Waals surface area contributed by atoms with Gasteiger partial charge in [0.05, 0.1) is 0 Å². The Morgan fingerprint density at radius 2 is 0.463 bits per heavy atom. The van der Waals surface area contributed by atoms with Crippen LogP contribution in [0.2, 0.25) is 8.87 Å². The molecule has 0 aromatic rings. The van der Waals surface area contributed by atoms with E-state index in [1.807, 2.05) is 0 Å². The Morgan fingerprint density at radius 1 is 0.313 bits per heavy atom. The first-order valence-electron chi connectivity index (χ1n) is 23.8. The van der Waals surface area contributed by atoms with Gasteiger partial charge < -0.3 is 59.4 Å². The van der Waals surface area contributed by atoms with Crippen LogP contribution in [0.25, 0.3) is 0 Å². The number of hydrogen-bond acceptors (Lipinski definition) is 18. The molecule has 67 heavy (non-hydrogen) atoms. The second kappa shape index (κ2) is 54.3. The molecule has 12 nitrogen and oxygen atoms in total. The molecule has 0 heterocycles. The van der Waals surface area contributed by atoms with Gasteiger partial charge in [0.1, 0.15) is 0 Å². The Hall–Kier alpha value is 0.517. The number of carboxylic acid groups (broad SMARTS) is 6. The number of unbranched alkanes of at least 4 members (excludes halogenated alkanes) is 2. The van der Waals surface area contributed by atoms with Crippen LogP contribution >= 0.6 is 75.8 Å². The maximum atomic E-state index is 10.5. The zero-order valence-corrected chi connectivity index (χ0v) is 51.6. The third-order valence-corrected chi connectivity index (χ3v) is 14.8. The van der Waals surface area contributed by atoms with E-state index < -0.39 is 35.8 Å². The van der Waals surface area contributed by atoms with Crippen molar-refractivity contribution < 1.29 is 59.4 Å². The van der Waals surface area contributed by atoms with Crippen molar-refractivity contribution in [2.75, 3.05) is 34.5 Å². The van der Waals surface area contributed by atoms with Crippen LogP contribution in [0.15, 0.2) is 0 Å². The molecule has 0 fully saturated rings. The van der Waals surface area contributed by atoms with Crippen LogP contribution in [-0.2, 0) is 28.8 Å². The van der Waals surface area contributed by atoms with Gasteiger partial charge in [0.2, 0.25) is 0 Å². The Bertz CT molecular complexity index is 996. The molecule has 0 bridgehead atoms. The third-order valence-electron chi connectivity index (χ3n) is 11.4. The Morgan fingerprint density at radius 3 is 0.537 bits per heavy atom. The number of rotatable bonds is 40. The smallest absolute Gasteiger partial charge is 0.0414 e. The second-order valence-electron chi connectivity index (χ2n) is 16.9. The molecule has 0 radical (unpaired) electrons. The molecule has 0 N–H and O–H groups in total. The summed E-state index contributed by atoms with van der Waals surface area (Å²) >= 11 is 28.9. The van der Waals surface area contributed by atoms with Gasteiger partial charge in [-0.3, -0.25) is 0 Å². The molecule has 0 aliphatic carbocycles. The summed E-state index contributed by atoms with van der Waals surface area (Å²) in [5.41, 5.74) is -0.183. The average Bonchev–Trinajstić information content (AvgIpc) is 3.22. The van der Waals surface area contributed by atoms with E-state index in [4.69, 9.17) is 0 Å². The molecule has 388 valence electrons. The van der Waals surface area contributed by atoms with Gasteiger partial charge >= 0.3 is 93.5 Å². The van der Waals surface area contributed by atoms with Crippen LogP contribution in [0.4, 0.5) is 0 Å². The minimum absolute atomic E-state index is 0.0430. The van der Waals surface area contributed by atoms with E-state index in [0.29, 0.717) is 73.0 Å². The molecular weight excluding hydrogens is 1190 g/mol. The van der Waals surface area contributed by atoms with Crippen LogP contribution in [0, 0.1) is 16.2 Å². The Kier molecular flexibility index (Phi) is 61.9. The molecular formula is C47H84O12S6Sn2. The van der Waals surface area contributed by atoms with E-state index >= 15 is 0 Å². The number of carboxylic acids is 6. The zero-order valence-electron chi connectivity index (χ0n) is 40.5. The van der Waals surface area contributed by atoms with E-state index in [0.717, 1.165) is 77.0 Å². The maximum absolute atomic E-state index is 10.5. The molecule has 0 aliphatic heterocycles. The number of thiol groups is 6. The standard InChI is InChI=1S/3C13H24O4S2.2C4H9.2Sn/c3*14-11(15)3-1-5-13(7-9-18,8-10-19)6-2-4-12(16)17;2*1-3-4-2;;/h3*18-19H,1-10H2,(H,14,15)(H,16,17);2*1,3-4H2,2H3;;/q;;;;;2*+3/p-6. The largest absolute Gasteiger partial charge is 0.550 e. The average molecular weight is 1270 g/mol. The minimum atomic E-state index is -1.04. The Labute approximate surface area is 465 Å². The van der Waals surface area contributed by atoms with Gasteiger partial charge in [-0.05, 0) is 205 Å². The summed E-state index contributed by atoms with van der Waals surface area (Å²) in [6.07, 6.45) is 18.7. The fourth-order valence-electron chi connectivity index (χ4n) is 7.67. The number of hydrogen-bond donors (Lipinski definition) is 6. The van der Waals surface area contributed by atoms with Crippen LogP contribution < -0.4 is 30.6 Å². The van der Waals surface area contributed by atoms with Crippen LogP contribution in [-0.4, -0.2) is 115 Å². The van der Waals surface area contributed by atoms with E-state index in [2.05, 4.69) is 89.6 Å². The molecule has 0 spiro atoms. The first kappa shape index (κ1) is 76.4. The van der Waals surface area contributed by atoms with Gasteiger partial charge in [0.15, 0.2) is 0 Å². The van der Waals surface area contributed by atoms with Gasteiger partial charge in [-0.1, -0.05) is 0 Å². The van der Waals surface area contributed by atoms with Crippen molar-refractivity contribution in [1.29, 1.82) is 0 Å². The predicted octanol–water partition coefficient (Wildman–Crippen LogP) is 4.11. The van der Waals surface area contributed by atoms with Gasteiger partial charge in [-0.25, -0.2) is 0 Å². The van der Waals surface area contributed by atoms with Crippen LogP contribution in [0.1, 0.15) is 194 Å². The van der Waals surface area contributed by atoms with E-state index in [1.54, 1.807) is 45.0 Å². The van der Waals surface area contributed by atoms with Gasteiger partial charge in [0.25, 0.3) is 0 Å². The Balaban J connectivity index is -0.000000259. The molecule has 0 unspecified atom stereocenters. The summed E-state index contributed by atoms with van der Waals surface area (Å²) in [5, 5.41) is 62.9. The van der Waals surface area contributed by atoms with Crippen molar-refractivity contribution in [3.8, 4) is 0 Å². The van der Waals surface area contributed by atoms with Crippen molar-refractivity contribution in [2.45, 2.75) is 203 Å². The van der Waals surface area contributed by atoms with E-state index in [-0.39, 0.29) is 54.8 Å². The summed E-state index contributed by atoms with van der Waals surface area (Å²) in [5.74, 6) is -2.05. The second-order valence-corrected chi connectivity index (χ2v) is 22.4. The van der Waals surface area contributed by atoms with Crippen LogP contribution in [0.3, 0.4) is 0 Å². The minimum Gasteiger partial charge on any atom is -0.550 e. The molecule has 0 saturated carbocycles. The van der Waals surface area contributed by atoms with Gasteiger partial charge in [-0.15, -0.1) is 0 Å². The number of aliphatic carboxylic acids is 6. The molecule has 0 aromatic carbocycles. The first-order chi connectivity index (χ1) is 31.7. The quantitative estimate of drug-likeness (QED) is 0.0376. The van der Waals surface area contributed by atoms with Crippen LogP contribution in [0.5, 0.6) is 0 Å². The molecule has 0 saturated heterocycles. The third kappa shape index (κ3) is 55.7. The summed E-state index contributed by atoms with van der Waals surface area (Å²) in [6, 6.07) is 0. The zero-order chi connectivity index (χ0) is 52.4. The van der Waals surface area contributed by atoms with Crippen molar-refractivity contribution in [1.82, 2.24) is 0 Å². The van der Waals surface area contributed by atoms with Crippen molar-refractivity contribution in [3.63, 3.8) is 0 Å². The number of carbonyl (C=O) groups excluding carboxylic acids is 6.